The highest BCUT2D eigenvalue weighted by atomic mass is 16.5. The van der Waals surface area contributed by atoms with Gasteiger partial charge in [0, 0.05) is 50.4 Å². The maximum atomic E-state index is 9.50. The number of β-amino-alcohol motifs (C(OH)–C–C–N with tert-alkyl or cyclic N) is 1. The molecule has 0 aliphatic carbocycles. The summed E-state index contributed by atoms with van der Waals surface area (Å²) in [5.41, 5.74) is 0.894. The van der Waals surface area contributed by atoms with Crippen LogP contribution in [0.2, 0.25) is 0 Å². The number of hydrogen-bond acceptors (Lipinski definition) is 7. The van der Waals surface area contributed by atoms with Crippen LogP contribution in [-0.2, 0) is 0 Å². The van der Waals surface area contributed by atoms with Crippen LogP contribution < -0.4 is 4.90 Å². The van der Waals surface area contributed by atoms with E-state index in [2.05, 4.69) is 24.9 Å². The van der Waals surface area contributed by atoms with Crippen molar-refractivity contribution in [3.05, 3.63) is 24.2 Å². The quantitative estimate of drug-likeness (QED) is 0.894. The van der Waals surface area contributed by atoms with Crippen molar-refractivity contribution >= 4 is 5.82 Å². The highest BCUT2D eigenvalue weighted by Gasteiger charge is 2.20. The number of pyridine rings is 1. The third-order valence-electron chi connectivity index (χ3n) is 4.17. The molecule has 1 saturated heterocycles. The molecule has 0 unspecified atom stereocenters. The molecule has 2 aromatic rings. The normalized spacial score (nSPS) is 17.5. The molecular formula is C17H25N5O2. The van der Waals surface area contributed by atoms with Crippen molar-refractivity contribution in [2.24, 2.45) is 0 Å². The molecule has 3 heterocycles. The molecule has 1 aliphatic heterocycles. The average molecular weight is 331 g/mol. The van der Waals surface area contributed by atoms with Gasteiger partial charge in [0.15, 0.2) is 5.82 Å². The van der Waals surface area contributed by atoms with Crippen LogP contribution in [0.25, 0.3) is 11.5 Å². The Bertz CT molecular complexity index is 663. The van der Waals surface area contributed by atoms with E-state index in [1.54, 1.807) is 6.20 Å². The highest BCUT2D eigenvalue weighted by Crippen LogP contribution is 2.23. The highest BCUT2D eigenvalue weighted by molar-refractivity contribution is 5.58. The Morgan fingerprint density at radius 2 is 1.96 bits per heavy atom. The van der Waals surface area contributed by atoms with Crippen LogP contribution in [0.1, 0.15) is 32.5 Å². The molecule has 1 fully saturated rings. The lowest BCUT2D eigenvalue weighted by atomic mass is 10.2. The van der Waals surface area contributed by atoms with E-state index in [1.165, 1.54) is 0 Å². The SMILES string of the molecule is CC(C)c1noc(-c2ccnc(N3CCN(C[C@H](C)O)CC3)c2)n1. The maximum Gasteiger partial charge on any atom is 0.258 e. The predicted octanol–water partition coefficient (Wildman–Crippen LogP) is 1.76. The number of anilines is 1. The minimum Gasteiger partial charge on any atom is -0.392 e. The smallest absolute Gasteiger partial charge is 0.258 e. The molecule has 0 aromatic carbocycles. The summed E-state index contributed by atoms with van der Waals surface area (Å²) in [6.07, 6.45) is 1.50. The molecule has 1 atom stereocenters. The molecule has 0 bridgehead atoms. The molecule has 0 amide bonds. The summed E-state index contributed by atoms with van der Waals surface area (Å²) in [5.74, 6) is 2.42. The van der Waals surface area contributed by atoms with Crippen molar-refractivity contribution in [1.82, 2.24) is 20.0 Å². The van der Waals surface area contributed by atoms with Gasteiger partial charge in [0.1, 0.15) is 5.82 Å². The second-order valence-corrected chi connectivity index (χ2v) is 6.65. The van der Waals surface area contributed by atoms with Gasteiger partial charge in [-0.15, -0.1) is 0 Å². The molecule has 7 nitrogen and oxygen atoms in total. The fourth-order valence-corrected chi connectivity index (χ4v) is 2.84. The van der Waals surface area contributed by atoms with Crippen LogP contribution in [0.3, 0.4) is 0 Å². The predicted molar refractivity (Wildman–Crippen MR) is 92.0 cm³/mol. The van der Waals surface area contributed by atoms with Gasteiger partial charge >= 0.3 is 0 Å². The van der Waals surface area contributed by atoms with Crippen LogP contribution in [0.15, 0.2) is 22.9 Å². The van der Waals surface area contributed by atoms with Crippen molar-refractivity contribution in [2.45, 2.75) is 32.8 Å². The lowest BCUT2D eigenvalue weighted by Crippen LogP contribution is -2.48. The second-order valence-electron chi connectivity index (χ2n) is 6.65. The summed E-state index contributed by atoms with van der Waals surface area (Å²) in [6.45, 7) is 10.3. The zero-order valence-electron chi connectivity index (χ0n) is 14.5. The number of hydrogen-bond donors (Lipinski definition) is 1. The van der Waals surface area contributed by atoms with Gasteiger partial charge in [0.05, 0.1) is 6.10 Å². The van der Waals surface area contributed by atoms with Gasteiger partial charge in [0.2, 0.25) is 0 Å². The number of piperazine rings is 1. The Hall–Kier alpha value is -1.99. The van der Waals surface area contributed by atoms with Gasteiger partial charge in [-0.3, -0.25) is 4.90 Å². The summed E-state index contributed by atoms with van der Waals surface area (Å²) < 4.78 is 5.37. The van der Waals surface area contributed by atoms with Crippen LogP contribution >= 0.6 is 0 Å². The number of nitrogens with zero attached hydrogens (tertiary/aromatic N) is 5. The minimum atomic E-state index is -0.286. The Balaban J connectivity index is 1.69. The zero-order chi connectivity index (χ0) is 17.1. The van der Waals surface area contributed by atoms with Crippen molar-refractivity contribution < 1.29 is 9.63 Å². The standard InChI is InChI=1S/C17H25N5O2/c1-12(2)16-19-17(24-20-16)14-4-5-18-15(10-14)22-8-6-21(7-9-22)11-13(3)23/h4-5,10,12-13,23H,6-9,11H2,1-3H3/t13-/m0/s1. The van der Waals surface area contributed by atoms with Crippen LogP contribution in [0.5, 0.6) is 0 Å². The third-order valence-corrected chi connectivity index (χ3v) is 4.17. The van der Waals surface area contributed by atoms with E-state index in [4.69, 9.17) is 4.52 Å². The summed E-state index contributed by atoms with van der Waals surface area (Å²) in [4.78, 5) is 13.5. The average Bonchev–Trinajstić information content (AvgIpc) is 3.05. The second kappa shape index (κ2) is 7.27. The van der Waals surface area contributed by atoms with Gasteiger partial charge in [-0.2, -0.15) is 4.98 Å². The lowest BCUT2D eigenvalue weighted by Gasteiger charge is -2.35. The maximum absolute atomic E-state index is 9.50. The summed E-state index contributed by atoms with van der Waals surface area (Å²) in [6, 6.07) is 3.90. The first-order valence-electron chi connectivity index (χ1n) is 8.48. The summed E-state index contributed by atoms with van der Waals surface area (Å²) in [7, 11) is 0. The fraction of sp³-hybridized carbons (Fsp3) is 0.588. The first-order valence-corrected chi connectivity index (χ1v) is 8.48. The first-order chi connectivity index (χ1) is 11.5. The summed E-state index contributed by atoms with van der Waals surface area (Å²) in [5, 5.41) is 13.5. The Morgan fingerprint density at radius 3 is 2.58 bits per heavy atom. The Morgan fingerprint density at radius 1 is 1.21 bits per heavy atom. The fourth-order valence-electron chi connectivity index (χ4n) is 2.84. The van der Waals surface area contributed by atoms with Gasteiger partial charge < -0.3 is 14.5 Å². The molecule has 0 spiro atoms. The Kier molecular flexibility index (Phi) is 5.11. The van der Waals surface area contributed by atoms with E-state index in [9.17, 15) is 5.11 Å². The van der Waals surface area contributed by atoms with Crippen molar-refractivity contribution in [1.29, 1.82) is 0 Å². The monoisotopic (exact) mass is 331 g/mol. The zero-order valence-corrected chi connectivity index (χ0v) is 14.5. The largest absolute Gasteiger partial charge is 0.392 e. The Labute approximate surface area is 142 Å². The van der Waals surface area contributed by atoms with Crippen molar-refractivity contribution in [2.75, 3.05) is 37.6 Å². The number of aliphatic hydroxyl groups excluding tert-OH is 1. The topological polar surface area (TPSA) is 78.5 Å². The van der Waals surface area contributed by atoms with Gasteiger partial charge in [-0.05, 0) is 19.1 Å². The summed E-state index contributed by atoms with van der Waals surface area (Å²) >= 11 is 0. The third kappa shape index (κ3) is 3.91. The number of aromatic nitrogens is 3. The molecule has 0 radical (unpaired) electrons. The van der Waals surface area contributed by atoms with E-state index < -0.39 is 0 Å². The van der Waals surface area contributed by atoms with Crippen LogP contribution in [0, 0.1) is 0 Å². The number of aliphatic hydroxyl groups is 1. The van der Waals surface area contributed by atoms with Crippen LogP contribution in [0.4, 0.5) is 5.82 Å². The molecule has 1 N–H and O–H groups in total. The van der Waals surface area contributed by atoms with Gasteiger partial charge in [-0.1, -0.05) is 19.0 Å². The molecule has 24 heavy (non-hydrogen) atoms. The van der Waals surface area contributed by atoms with E-state index in [0.717, 1.165) is 49.9 Å². The first kappa shape index (κ1) is 16.9. The number of rotatable bonds is 5. The van der Waals surface area contributed by atoms with E-state index in [-0.39, 0.29) is 12.0 Å². The van der Waals surface area contributed by atoms with Crippen LogP contribution in [-0.4, -0.2) is 64.0 Å². The van der Waals surface area contributed by atoms with Crippen molar-refractivity contribution in [3.8, 4) is 11.5 Å². The van der Waals surface area contributed by atoms with E-state index >= 15 is 0 Å². The molecule has 0 saturated carbocycles. The molecule has 1 aliphatic rings. The van der Waals surface area contributed by atoms with E-state index in [0.29, 0.717) is 5.89 Å². The van der Waals surface area contributed by atoms with Gasteiger partial charge in [-0.25, -0.2) is 4.98 Å². The lowest BCUT2D eigenvalue weighted by molar-refractivity contribution is 0.122. The molecule has 2 aromatic heterocycles. The molecule has 3 rings (SSSR count). The van der Waals surface area contributed by atoms with Crippen molar-refractivity contribution in [3.63, 3.8) is 0 Å². The van der Waals surface area contributed by atoms with E-state index in [1.807, 2.05) is 32.9 Å². The minimum absolute atomic E-state index is 0.241. The van der Waals surface area contributed by atoms with Gasteiger partial charge in [0.25, 0.3) is 5.89 Å². The molecule has 130 valence electrons. The molecule has 7 heteroatoms. The molecular weight excluding hydrogens is 306 g/mol.